The molecule has 1 aliphatic carbocycles. The Bertz CT molecular complexity index is 1130. The number of hydrogen-bond donors (Lipinski definition) is 0. The van der Waals surface area contributed by atoms with Crippen molar-refractivity contribution in [2.75, 3.05) is 6.61 Å². The SMILES string of the molecule is C1=CC(C2CC(OCc3ccccc3)C(OCc3ccccc3)C(COCc3ccccc3)O2)=CCC1. The molecule has 4 unspecified atom stereocenters. The van der Waals surface area contributed by atoms with Crippen LogP contribution in [0.5, 0.6) is 0 Å². The van der Waals surface area contributed by atoms with Crippen molar-refractivity contribution in [3.63, 3.8) is 0 Å². The average molecular weight is 497 g/mol. The van der Waals surface area contributed by atoms with Gasteiger partial charge in [-0.25, -0.2) is 0 Å². The van der Waals surface area contributed by atoms with E-state index in [4.69, 9.17) is 18.9 Å². The predicted molar refractivity (Wildman–Crippen MR) is 146 cm³/mol. The molecule has 0 radical (unpaired) electrons. The first-order chi connectivity index (χ1) is 18.3. The number of ether oxygens (including phenoxy) is 4. The fourth-order valence-electron chi connectivity index (χ4n) is 4.94. The van der Waals surface area contributed by atoms with Crippen LogP contribution < -0.4 is 0 Å². The van der Waals surface area contributed by atoms with Gasteiger partial charge in [0.15, 0.2) is 0 Å². The molecule has 3 aromatic carbocycles. The van der Waals surface area contributed by atoms with Crippen LogP contribution in [0.25, 0.3) is 0 Å². The molecule has 0 bridgehead atoms. The van der Waals surface area contributed by atoms with E-state index in [0.717, 1.165) is 36.0 Å². The Morgan fingerprint density at radius 2 is 1.27 bits per heavy atom. The molecule has 4 heteroatoms. The highest BCUT2D eigenvalue weighted by Gasteiger charge is 2.41. The van der Waals surface area contributed by atoms with Crippen LogP contribution in [0.2, 0.25) is 0 Å². The Labute approximate surface area is 220 Å². The van der Waals surface area contributed by atoms with Crippen LogP contribution in [0.1, 0.15) is 36.0 Å². The normalized spacial score (nSPS) is 23.5. The number of allylic oxidation sites excluding steroid dienone is 2. The van der Waals surface area contributed by atoms with Gasteiger partial charge in [0.1, 0.15) is 12.2 Å². The van der Waals surface area contributed by atoms with E-state index in [-0.39, 0.29) is 24.4 Å². The summed E-state index contributed by atoms with van der Waals surface area (Å²) in [5, 5.41) is 0. The molecule has 1 saturated heterocycles. The highest BCUT2D eigenvalue weighted by atomic mass is 16.6. The van der Waals surface area contributed by atoms with E-state index in [0.29, 0.717) is 26.4 Å². The van der Waals surface area contributed by atoms with E-state index >= 15 is 0 Å². The largest absolute Gasteiger partial charge is 0.374 e. The summed E-state index contributed by atoms with van der Waals surface area (Å²) in [6.07, 6.45) is 8.95. The molecule has 0 amide bonds. The second-order valence-corrected chi connectivity index (χ2v) is 9.68. The van der Waals surface area contributed by atoms with Crippen molar-refractivity contribution >= 4 is 0 Å². The van der Waals surface area contributed by atoms with Crippen molar-refractivity contribution in [3.8, 4) is 0 Å². The van der Waals surface area contributed by atoms with Crippen LogP contribution in [-0.2, 0) is 38.8 Å². The number of hydrogen-bond acceptors (Lipinski definition) is 4. The van der Waals surface area contributed by atoms with Crippen molar-refractivity contribution in [1.82, 2.24) is 0 Å². The lowest BCUT2D eigenvalue weighted by atomic mass is 9.91. The molecule has 0 N–H and O–H groups in total. The third kappa shape index (κ3) is 7.50. The van der Waals surface area contributed by atoms with Gasteiger partial charge in [0.2, 0.25) is 0 Å². The second-order valence-electron chi connectivity index (χ2n) is 9.68. The third-order valence-electron chi connectivity index (χ3n) is 6.90. The van der Waals surface area contributed by atoms with Crippen molar-refractivity contribution in [2.24, 2.45) is 0 Å². The van der Waals surface area contributed by atoms with Gasteiger partial charge in [-0.05, 0) is 35.1 Å². The van der Waals surface area contributed by atoms with E-state index in [1.165, 1.54) is 5.57 Å². The summed E-state index contributed by atoms with van der Waals surface area (Å²) in [5.41, 5.74) is 4.66. The van der Waals surface area contributed by atoms with Crippen molar-refractivity contribution in [1.29, 1.82) is 0 Å². The minimum absolute atomic E-state index is 0.0424. The maximum atomic E-state index is 6.70. The molecule has 0 spiro atoms. The van der Waals surface area contributed by atoms with Crippen LogP contribution in [0.3, 0.4) is 0 Å². The summed E-state index contributed by atoms with van der Waals surface area (Å²) in [7, 11) is 0. The molecule has 37 heavy (non-hydrogen) atoms. The quantitative estimate of drug-likeness (QED) is 0.292. The van der Waals surface area contributed by atoms with Gasteiger partial charge in [-0.3, -0.25) is 0 Å². The van der Waals surface area contributed by atoms with Gasteiger partial charge >= 0.3 is 0 Å². The summed E-state index contributed by atoms with van der Waals surface area (Å²) in [6, 6.07) is 30.9. The topological polar surface area (TPSA) is 36.9 Å². The maximum absolute atomic E-state index is 6.70. The van der Waals surface area contributed by atoms with Crippen LogP contribution in [0.15, 0.2) is 115 Å². The first kappa shape index (κ1) is 25.6. The summed E-state index contributed by atoms with van der Waals surface area (Å²) in [6.45, 7) is 2.01. The predicted octanol–water partition coefficient (Wildman–Crippen LogP) is 6.81. The minimum Gasteiger partial charge on any atom is -0.374 e. The lowest BCUT2D eigenvalue weighted by Gasteiger charge is -2.42. The van der Waals surface area contributed by atoms with Gasteiger partial charge in [0.25, 0.3) is 0 Å². The van der Waals surface area contributed by atoms with E-state index in [1.54, 1.807) is 0 Å². The molecule has 5 rings (SSSR count). The van der Waals surface area contributed by atoms with Crippen LogP contribution >= 0.6 is 0 Å². The standard InChI is InChI=1S/C33H36O4/c1-5-13-26(14-6-1)22-34-25-32-33(36-24-28-17-9-3-10-18-28)31(35-23-27-15-7-2-8-16-27)21-30(37-32)29-19-11-4-12-20-29/h1-3,5-11,13-20,30-33H,4,12,21-25H2. The summed E-state index contributed by atoms with van der Waals surface area (Å²) in [4.78, 5) is 0. The van der Waals surface area contributed by atoms with Crippen molar-refractivity contribution in [3.05, 3.63) is 131 Å². The fraction of sp³-hybridized carbons (Fsp3) is 0.333. The molecule has 4 nitrogen and oxygen atoms in total. The van der Waals surface area contributed by atoms with Crippen molar-refractivity contribution in [2.45, 2.75) is 63.5 Å². The fourth-order valence-corrected chi connectivity index (χ4v) is 4.94. The molecule has 1 heterocycles. The Kier molecular flexibility index (Phi) is 9.35. The first-order valence-electron chi connectivity index (χ1n) is 13.3. The first-order valence-corrected chi connectivity index (χ1v) is 13.3. The number of rotatable bonds is 11. The molecule has 3 aromatic rings. The molecule has 0 aromatic heterocycles. The lowest BCUT2D eigenvalue weighted by molar-refractivity contribution is -0.213. The zero-order valence-corrected chi connectivity index (χ0v) is 21.3. The molecule has 1 aliphatic heterocycles. The van der Waals surface area contributed by atoms with E-state index in [2.05, 4.69) is 54.6 Å². The summed E-state index contributed by atoms with van der Waals surface area (Å²) >= 11 is 0. The monoisotopic (exact) mass is 496 g/mol. The number of benzene rings is 3. The van der Waals surface area contributed by atoms with Gasteiger partial charge < -0.3 is 18.9 Å². The Hall–Kier alpha value is -3.02. The highest BCUT2D eigenvalue weighted by molar-refractivity contribution is 5.27. The van der Waals surface area contributed by atoms with E-state index < -0.39 is 0 Å². The maximum Gasteiger partial charge on any atom is 0.113 e. The Morgan fingerprint density at radius 3 is 1.86 bits per heavy atom. The zero-order valence-electron chi connectivity index (χ0n) is 21.3. The Balaban J connectivity index is 1.34. The zero-order chi connectivity index (χ0) is 25.1. The molecule has 2 aliphatic rings. The third-order valence-corrected chi connectivity index (χ3v) is 6.90. The Morgan fingerprint density at radius 1 is 0.676 bits per heavy atom. The highest BCUT2D eigenvalue weighted by Crippen LogP contribution is 2.32. The minimum atomic E-state index is -0.247. The van der Waals surface area contributed by atoms with Gasteiger partial charge in [0.05, 0.1) is 38.6 Å². The molecule has 1 fully saturated rings. The van der Waals surface area contributed by atoms with Gasteiger partial charge in [-0.15, -0.1) is 0 Å². The summed E-state index contributed by atoms with van der Waals surface area (Å²) in [5.74, 6) is 0. The molecule has 0 saturated carbocycles. The molecule has 192 valence electrons. The molecule has 4 atom stereocenters. The van der Waals surface area contributed by atoms with E-state index in [1.807, 2.05) is 54.6 Å². The molecular formula is C33H36O4. The molecular weight excluding hydrogens is 460 g/mol. The van der Waals surface area contributed by atoms with Gasteiger partial charge in [-0.2, -0.15) is 0 Å². The van der Waals surface area contributed by atoms with Crippen molar-refractivity contribution < 1.29 is 18.9 Å². The van der Waals surface area contributed by atoms with Gasteiger partial charge in [0, 0.05) is 6.42 Å². The summed E-state index contributed by atoms with van der Waals surface area (Å²) < 4.78 is 26.0. The smallest absolute Gasteiger partial charge is 0.113 e. The van der Waals surface area contributed by atoms with Crippen LogP contribution in [0, 0.1) is 0 Å². The van der Waals surface area contributed by atoms with Crippen LogP contribution in [0.4, 0.5) is 0 Å². The lowest BCUT2D eigenvalue weighted by Crippen LogP contribution is -2.52. The van der Waals surface area contributed by atoms with E-state index in [9.17, 15) is 0 Å². The van der Waals surface area contributed by atoms with Gasteiger partial charge in [-0.1, -0.05) is 109 Å². The average Bonchev–Trinajstić information content (AvgIpc) is 2.97. The van der Waals surface area contributed by atoms with Crippen LogP contribution in [-0.4, -0.2) is 31.0 Å². The second kappa shape index (κ2) is 13.5.